The molecule has 0 aliphatic heterocycles. The molecular weight excluding hydrogens is 300 g/mol. The quantitative estimate of drug-likeness (QED) is 0.424. The van der Waals surface area contributed by atoms with Crippen LogP contribution in [0.15, 0.2) is 42.5 Å². The Labute approximate surface area is 155 Å². The molecule has 0 aliphatic rings. The molecule has 0 heteroatoms. The van der Waals surface area contributed by atoms with Crippen molar-refractivity contribution in [2.45, 2.75) is 72.6 Å². The van der Waals surface area contributed by atoms with E-state index in [0.29, 0.717) is 0 Å². The van der Waals surface area contributed by atoms with Gasteiger partial charge in [-0.05, 0) is 73.8 Å². The first kappa shape index (κ1) is 19.5. The summed E-state index contributed by atoms with van der Waals surface area (Å²) in [6.45, 7) is 8.93. The van der Waals surface area contributed by atoms with Gasteiger partial charge in [0.2, 0.25) is 0 Å². The number of benzene rings is 2. The van der Waals surface area contributed by atoms with Gasteiger partial charge in [0.05, 0.1) is 0 Å². The lowest BCUT2D eigenvalue weighted by Crippen LogP contribution is -1.95. The van der Waals surface area contributed by atoms with E-state index in [1.165, 1.54) is 60.8 Å². The van der Waals surface area contributed by atoms with Gasteiger partial charge in [0, 0.05) is 0 Å². The highest BCUT2D eigenvalue weighted by Gasteiger charge is 2.02. The van der Waals surface area contributed by atoms with Crippen LogP contribution in [0.1, 0.15) is 72.9 Å². The largest absolute Gasteiger partial charge is 0.0839 e. The molecule has 2 aromatic rings. The van der Waals surface area contributed by atoms with E-state index < -0.39 is 0 Å². The van der Waals surface area contributed by atoms with Crippen molar-refractivity contribution in [3.8, 4) is 0 Å². The van der Waals surface area contributed by atoms with Gasteiger partial charge in [0.15, 0.2) is 0 Å². The first-order valence-corrected chi connectivity index (χ1v) is 9.98. The predicted octanol–water partition coefficient (Wildman–Crippen LogP) is 7.24. The molecule has 25 heavy (non-hydrogen) atoms. The minimum absolute atomic E-state index is 1.15. The zero-order chi connectivity index (χ0) is 18.1. The van der Waals surface area contributed by atoms with E-state index in [1.807, 2.05) is 0 Å². The van der Waals surface area contributed by atoms with Crippen LogP contribution < -0.4 is 0 Å². The van der Waals surface area contributed by atoms with Crippen LogP contribution in [0, 0.1) is 13.8 Å². The van der Waals surface area contributed by atoms with Crippen molar-refractivity contribution in [3.63, 3.8) is 0 Å². The Hall–Kier alpha value is -1.82. The molecule has 0 aromatic heterocycles. The summed E-state index contributed by atoms with van der Waals surface area (Å²) < 4.78 is 0. The third-order valence-electron chi connectivity index (χ3n) is 4.89. The highest BCUT2D eigenvalue weighted by atomic mass is 14.1. The molecule has 0 heterocycles. The van der Waals surface area contributed by atoms with Crippen LogP contribution in [0.2, 0.25) is 0 Å². The van der Waals surface area contributed by atoms with Gasteiger partial charge in [-0.25, -0.2) is 0 Å². The first-order valence-electron chi connectivity index (χ1n) is 9.98. The third-order valence-corrected chi connectivity index (χ3v) is 4.89. The van der Waals surface area contributed by atoms with Crippen LogP contribution in [0.25, 0.3) is 6.08 Å². The zero-order valence-electron chi connectivity index (χ0n) is 16.6. The van der Waals surface area contributed by atoms with E-state index >= 15 is 0 Å². The summed E-state index contributed by atoms with van der Waals surface area (Å²) in [6.07, 6.45) is 13.0. The van der Waals surface area contributed by atoms with Crippen molar-refractivity contribution in [1.29, 1.82) is 0 Å². The Kier molecular flexibility index (Phi) is 7.98. The molecule has 0 aliphatic carbocycles. The van der Waals surface area contributed by atoms with Gasteiger partial charge in [-0.2, -0.15) is 0 Å². The number of hydrogen-bond donors (Lipinski definition) is 0. The van der Waals surface area contributed by atoms with Gasteiger partial charge in [-0.1, -0.05) is 80.8 Å². The van der Waals surface area contributed by atoms with E-state index in [0.717, 1.165) is 6.42 Å². The Balaban J connectivity index is 1.87. The molecule has 0 fully saturated rings. The molecule has 0 N–H and O–H groups in total. The number of hydrogen-bond acceptors (Lipinski definition) is 0. The monoisotopic (exact) mass is 334 g/mol. The molecule has 0 radical (unpaired) electrons. The smallest absolute Gasteiger partial charge is 0.0257 e. The zero-order valence-corrected chi connectivity index (χ0v) is 16.6. The second-order valence-electron chi connectivity index (χ2n) is 7.25. The van der Waals surface area contributed by atoms with Crippen LogP contribution in [0.3, 0.4) is 0 Å². The Morgan fingerprint density at radius 3 is 2.20 bits per heavy atom. The van der Waals surface area contributed by atoms with Crippen LogP contribution in [-0.4, -0.2) is 0 Å². The Morgan fingerprint density at radius 2 is 1.48 bits per heavy atom. The van der Waals surface area contributed by atoms with E-state index in [1.54, 1.807) is 11.1 Å². The molecule has 0 saturated carbocycles. The van der Waals surface area contributed by atoms with Gasteiger partial charge in [0.1, 0.15) is 0 Å². The maximum absolute atomic E-state index is 2.37. The first-order chi connectivity index (χ1) is 12.1. The molecule has 0 bridgehead atoms. The average molecular weight is 335 g/mol. The maximum atomic E-state index is 2.37. The van der Waals surface area contributed by atoms with Gasteiger partial charge < -0.3 is 0 Å². The van der Waals surface area contributed by atoms with Gasteiger partial charge in [-0.3, -0.25) is 0 Å². The lowest BCUT2D eigenvalue weighted by Gasteiger charge is -2.09. The lowest BCUT2D eigenvalue weighted by molar-refractivity contribution is 0.818. The van der Waals surface area contributed by atoms with Crippen LogP contribution in [0.4, 0.5) is 0 Å². The fraction of sp³-hybridized carbons (Fsp3) is 0.440. The SMILES string of the molecule is CCCc1ccc(/C=C/CCCc2ccc(C)cc2CCC)cc1C. The average Bonchev–Trinajstić information content (AvgIpc) is 2.59. The minimum atomic E-state index is 1.15. The Morgan fingerprint density at radius 1 is 0.760 bits per heavy atom. The third kappa shape index (κ3) is 6.20. The van der Waals surface area contributed by atoms with Crippen LogP contribution in [-0.2, 0) is 19.3 Å². The molecule has 0 spiro atoms. The second-order valence-corrected chi connectivity index (χ2v) is 7.25. The molecule has 2 aromatic carbocycles. The summed E-state index contributed by atoms with van der Waals surface area (Å²) in [6, 6.07) is 13.8. The van der Waals surface area contributed by atoms with E-state index in [2.05, 4.69) is 76.2 Å². The molecule has 0 atom stereocenters. The van der Waals surface area contributed by atoms with Crippen molar-refractivity contribution >= 4 is 6.08 Å². The normalized spacial score (nSPS) is 11.4. The van der Waals surface area contributed by atoms with Crippen LogP contribution >= 0.6 is 0 Å². The maximum Gasteiger partial charge on any atom is -0.0257 e. The summed E-state index contributed by atoms with van der Waals surface area (Å²) in [4.78, 5) is 0. The number of unbranched alkanes of at least 4 members (excludes halogenated alkanes) is 1. The van der Waals surface area contributed by atoms with Gasteiger partial charge in [0.25, 0.3) is 0 Å². The fourth-order valence-electron chi connectivity index (χ4n) is 3.50. The summed E-state index contributed by atoms with van der Waals surface area (Å²) in [7, 11) is 0. The molecule has 134 valence electrons. The topological polar surface area (TPSA) is 0 Å². The van der Waals surface area contributed by atoms with Crippen molar-refractivity contribution in [1.82, 2.24) is 0 Å². The molecule has 2 rings (SSSR count). The second kappa shape index (κ2) is 10.2. The van der Waals surface area contributed by atoms with Crippen molar-refractivity contribution in [2.24, 2.45) is 0 Å². The van der Waals surface area contributed by atoms with Crippen molar-refractivity contribution in [3.05, 3.63) is 75.9 Å². The summed E-state index contributed by atoms with van der Waals surface area (Å²) >= 11 is 0. The van der Waals surface area contributed by atoms with E-state index in [4.69, 9.17) is 0 Å². The summed E-state index contributed by atoms with van der Waals surface area (Å²) in [5.74, 6) is 0. The van der Waals surface area contributed by atoms with Gasteiger partial charge >= 0.3 is 0 Å². The van der Waals surface area contributed by atoms with Crippen molar-refractivity contribution < 1.29 is 0 Å². The summed E-state index contributed by atoms with van der Waals surface area (Å²) in [5, 5.41) is 0. The standard InChI is InChI=1S/C25H34/c1-5-10-23-17-15-22(19-21(23)4)12-8-7-9-13-24-16-14-20(3)18-25(24)11-6-2/h8,12,14-19H,5-7,9-11,13H2,1-4H3/b12-8+. The number of rotatable bonds is 9. The predicted molar refractivity (Wildman–Crippen MR) is 112 cm³/mol. The van der Waals surface area contributed by atoms with E-state index in [9.17, 15) is 0 Å². The molecule has 0 nitrogen and oxygen atoms in total. The number of aryl methyl sites for hydroxylation is 5. The molecule has 0 saturated heterocycles. The lowest BCUT2D eigenvalue weighted by atomic mass is 9.96. The number of allylic oxidation sites excluding steroid dienone is 1. The van der Waals surface area contributed by atoms with E-state index in [-0.39, 0.29) is 0 Å². The fourth-order valence-corrected chi connectivity index (χ4v) is 3.50. The highest BCUT2D eigenvalue weighted by molar-refractivity contribution is 5.51. The summed E-state index contributed by atoms with van der Waals surface area (Å²) in [5.41, 5.74) is 8.72. The minimum Gasteiger partial charge on any atom is -0.0839 e. The van der Waals surface area contributed by atoms with Crippen LogP contribution in [0.5, 0.6) is 0 Å². The van der Waals surface area contributed by atoms with Crippen molar-refractivity contribution in [2.75, 3.05) is 0 Å². The molecule has 0 unspecified atom stereocenters. The molecule has 0 amide bonds. The molecular formula is C25H34. The van der Waals surface area contributed by atoms with Gasteiger partial charge in [-0.15, -0.1) is 0 Å². The Bertz CT molecular complexity index is 691. The highest BCUT2D eigenvalue weighted by Crippen LogP contribution is 2.18.